The van der Waals surface area contributed by atoms with Gasteiger partial charge in [0.1, 0.15) is 22.9 Å². The molecular weight excluding hydrogens is 528 g/mol. The summed E-state index contributed by atoms with van der Waals surface area (Å²) in [5.41, 5.74) is 3.78. The molecule has 0 bridgehead atoms. The average Bonchev–Trinajstić information content (AvgIpc) is 3.65. The van der Waals surface area contributed by atoms with E-state index in [0.717, 1.165) is 33.3 Å². The molecule has 0 aliphatic rings. The van der Waals surface area contributed by atoms with Crippen LogP contribution >= 0.6 is 0 Å². The second-order valence-electron chi connectivity index (χ2n) is 10.2. The summed E-state index contributed by atoms with van der Waals surface area (Å²) in [6, 6.07) is 26.2. The van der Waals surface area contributed by atoms with Crippen molar-refractivity contribution in [1.82, 2.24) is 20.6 Å². The molecule has 0 aliphatic carbocycles. The van der Waals surface area contributed by atoms with Crippen molar-refractivity contribution >= 4 is 33.6 Å². The smallest absolute Gasteiger partial charge is 0.252 e. The van der Waals surface area contributed by atoms with Gasteiger partial charge in [-0.2, -0.15) is 0 Å². The highest BCUT2D eigenvalue weighted by Gasteiger charge is 2.17. The first-order valence-corrected chi connectivity index (χ1v) is 14.0. The molecule has 6 aromatic rings. The molecule has 2 amide bonds. The number of aryl methyl sites for hydroxylation is 2. The number of pyridine rings is 2. The summed E-state index contributed by atoms with van der Waals surface area (Å²) in [4.78, 5) is 35.8. The number of furan rings is 2. The number of amides is 2. The van der Waals surface area contributed by atoms with E-state index in [0.29, 0.717) is 60.0 Å². The van der Waals surface area contributed by atoms with Gasteiger partial charge in [-0.1, -0.05) is 36.4 Å². The van der Waals surface area contributed by atoms with Gasteiger partial charge in [0.15, 0.2) is 11.5 Å². The summed E-state index contributed by atoms with van der Waals surface area (Å²) < 4.78 is 11.5. The van der Waals surface area contributed by atoms with Crippen LogP contribution in [0.2, 0.25) is 0 Å². The number of hydrogen-bond acceptors (Lipinski definition) is 6. The number of benzene rings is 2. The van der Waals surface area contributed by atoms with Gasteiger partial charge in [-0.25, -0.2) is 9.97 Å². The zero-order valence-corrected chi connectivity index (χ0v) is 23.4. The van der Waals surface area contributed by atoms with Crippen LogP contribution in [0, 0.1) is 13.8 Å². The van der Waals surface area contributed by atoms with Gasteiger partial charge in [-0.15, -0.1) is 0 Å². The van der Waals surface area contributed by atoms with Gasteiger partial charge in [0.05, 0.1) is 22.2 Å². The summed E-state index contributed by atoms with van der Waals surface area (Å²) >= 11 is 0. The van der Waals surface area contributed by atoms with Gasteiger partial charge < -0.3 is 19.5 Å². The van der Waals surface area contributed by atoms with Gasteiger partial charge in [0.2, 0.25) is 0 Å². The Morgan fingerprint density at radius 1 is 0.619 bits per heavy atom. The number of aromatic nitrogens is 2. The Morgan fingerprint density at radius 3 is 1.45 bits per heavy atom. The predicted octanol–water partition coefficient (Wildman–Crippen LogP) is 6.86. The van der Waals surface area contributed by atoms with E-state index in [2.05, 4.69) is 20.6 Å². The van der Waals surface area contributed by atoms with E-state index in [9.17, 15) is 9.59 Å². The van der Waals surface area contributed by atoms with Crippen LogP contribution in [0.15, 0.2) is 93.8 Å². The van der Waals surface area contributed by atoms with Crippen LogP contribution in [0.4, 0.5) is 0 Å². The molecule has 0 saturated carbocycles. The van der Waals surface area contributed by atoms with Gasteiger partial charge in [-0.05, 0) is 75.2 Å². The summed E-state index contributed by atoms with van der Waals surface area (Å²) in [6.45, 7) is 4.69. The van der Waals surface area contributed by atoms with E-state index in [1.54, 1.807) is 12.1 Å². The molecule has 8 heteroatoms. The Labute approximate surface area is 242 Å². The molecular formula is C34H30N4O4. The molecule has 4 aromatic heterocycles. The van der Waals surface area contributed by atoms with E-state index in [4.69, 9.17) is 8.83 Å². The monoisotopic (exact) mass is 558 g/mol. The number of rotatable bonds is 9. The van der Waals surface area contributed by atoms with E-state index in [1.807, 2.05) is 86.6 Å². The van der Waals surface area contributed by atoms with Crippen LogP contribution in [-0.4, -0.2) is 34.9 Å². The van der Waals surface area contributed by atoms with Crippen molar-refractivity contribution in [3.8, 4) is 22.9 Å². The topological polar surface area (TPSA) is 110 Å². The fraction of sp³-hybridized carbons (Fsp3) is 0.176. The number of nitrogens with zero attached hydrogens (tertiary/aromatic N) is 2. The highest BCUT2D eigenvalue weighted by atomic mass is 16.3. The normalized spacial score (nSPS) is 11.2. The lowest BCUT2D eigenvalue weighted by Gasteiger charge is -2.11. The minimum absolute atomic E-state index is 0.175. The lowest BCUT2D eigenvalue weighted by atomic mass is 10.1. The van der Waals surface area contributed by atoms with Crippen LogP contribution in [0.1, 0.15) is 45.1 Å². The van der Waals surface area contributed by atoms with Crippen molar-refractivity contribution in [1.29, 1.82) is 0 Å². The average molecular weight is 559 g/mol. The summed E-state index contributed by atoms with van der Waals surface area (Å²) in [5.74, 6) is 2.46. The van der Waals surface area contributed by atoms with Crippen molar-refractivity contribution in [3.63, 3.8) is 0 Å². The Hall–Kier alpha value is -5.24. The lowest BCUT2D eigenvalue weighted by molar-refractivity contribution is 0.0941. The van der Waals surface area contributed by atoms with Gasteiger partial charge in [-0.3, -0.25) is 9.59 Å². The zero-order valence-electron chi connectivity index (χ0n) is 23.4. The lowest BCUT2D eigenvalue weighted by Crippen LogP contribution is -2.27. The number of hydrogen-bond donors (Lipinski definition) is 2. The molecule has 0 fully saturated rings. The maximum Gasteiger partial charge on any atom is 0.252 e. The Morgan fingerprint density at radius 2 is 1.05 bits per heavy atom. The Balaban J connectivity index is 1.07. The second-order valence-corrected chi connectivity index (χ2v) is 10.2. The molecule has 0 unspecified atom stereocenters. The molecule has 210 valence electrons. The molecule has 0 spiro atoms. The molecule has 0 radical (unpaired) electrons. The largest absolute Gasteiger partial charge is 0.460 e. The van der Waals surface area contributed by atoms with Crippen molar-refractivity contribution < 1.29 is 18.4 Å². The van der Waals surface area contributed by atoms with Crippen LogP contribution in [0.25, 0.3) is 44.7 Å². The quantitative estimate of drug-likeness (QED) is 0.188. The third-order valence-corrected chi connectivity index (χ3v) is 7.08. The fourth-order valence-electron chi connectivity index (χ4n) is 4.97. The SMILES string of the molecule is Cc1ccc(-c2cc(C(=O)NCCCCNC(=O)c3cc(-c4ccc(C)o4)nc4ccccc34)c3ccccc3n2)o1. The third kappa shape index (κ3) is 5.65. The van der Waals surface area contributed by atoms with E-state index >= 15 is 0 Å². The van der Waals surface area contributed by atoms with E-state index in [-0.39, 0.29) is 11.8 Å². The van der Waals surface area contributed by atoms with Crippen LogP contribution in [0.5, 0.6) is 0 Å². The van der Waals surface area contributed by atoms with E-state index < -0.39 is 0 Å². The number of para-hydroxylation sites is 2. The molecule has 6 rings (SSSR count). The van der Waals surface area contributed by atoms with Crippen molar-refractivity contribution in [2.45, 2.75) is 26.7 Å². The molecule has 8 nitrogen and oxygen atoms in total. The first-order valence-electron chi connectivity index (χ1n) is 14.0. The van der Waals surface area contributed by atoms with Gasteiger partial charge in [0, 0.05) is 23.9 Å². The zero-order chi connectivity index (χ0) is 29.1. The third-order valence-electron chi connectivity index (χ3n) is 7.08. The standard InChI is InChI=1S/C34H30N4O4/c1-21-13-15-31(41-21)29-19-25(23-9-3-5-11-27(23)37-29)33(39)35-17-7-8-18-36-34(40)26-20-30(32-16-14-22(2)42-32)38-28-12-6-4-10-24(26)28/h3-6,9-16,19-20H,7-8,17-18H2,1-2H3,(H,35,39)(H,36,40). The molecule has 42 heavy (non-hydrogen) atoms. The summed E-state index contributed by atoms with van der Waals surface area (Å²) in [5, 5.41) is 7.60. The Bertz CT molecular complexity index is 1780. The van der Waals surface area contributed by atoms with E-state index in [1.165, 1.54) is 0 Å². The first kappa shape index (κ1) is 27.0. The molecule has 2 N–H and O–H groups in total. The second kappa shape index (κ2) is 11.7. The van der Waals surface area contributed by atoms with Crippen molar-refractivity contribution in [3.05, 3.63) is 108 Å². The number of carbonyl (C=O) groups excluding carboxylic acids is 2. The predicted molar refractivity (Wildman–Crippen MR) is 162 cm³/mol. The van der Waals surface area contributed by atoms with Crippen molar-refractivity contribution in [2.24, 2.45) is 0 Å². The highest BCUT2D eigenvalue weighted by Crippen LogP contribution is 2.27. The molecule has 4 heterocycles. The highest BCUT2D eigenvalue weighted by molar-refractivity contribution is 6.08. The van der Waals surface area contributed by atoms with Gasteiger partial charge in [0.25, 0.3) is 11.8 Å². The molecule has 0 saturated heterocycles. The maximum atomic E-state index is 13.2. The number of carbonyl (C=O) groups is 2. The summed E-state index contributed by atoms with van der Waals surface area (Å²) in [6.07, 6.45) is 1.40. The first-order chi connectivity index (χ1) is 20.5. The van der Waals surface area contributed by atoms with Crippen molar-refractivity contribution in [2.75, 3.05) is 13.1 Å². The number of fused-ring (bicyclic) bond motifs is 2. The fourth-order valence-corrected chi connectivity index (χ4v) is 4.97. The minimum Gasteiger partial charge on any atom is -0.460 e. The molecule has 2 aromatic carbocycles. The maximum absolute atomic E-state index is 13.2. The summed E-state index contributed by atoms with van der Waals surface area (Å²) in [7, 11) is 0. The number of nitrogens with one attached hydrogen (secondary N) is 2. The Kier molecular flexibility index (Phi) is 7.51. The molecule has 0 atom stereocenters. The number of unbranched alkanes of at least 4 members (excludes halogenated alkanes) is 1. The molecule has 0 aliphatic heterocycles. The minimum atomic E-state index is -0.175. The van der Waals surface area contributed by atoms with Crippen LogP contribution in [0.3, 0.4) is 0 Å². The van der Waals surface area contributed by atoms with Gasteiger partial charge >= 0.3 is 0 Å². The van der Waals surface area contributed by atoms with Crippen LogP contribution in [-0.2, 0) is 0 Å². The van der Waals surface area contributed by atoms with Crippen LogP contribution < -0.4 is 10.6 Å².